The van der Waals surface area contributed by atoms with Crippen LogP contribution in [-0.4, -0.2) is 18.1 Å². The highest BCUT2D eigenvalue weighted by molar-refractivity contribution is 5.41. The molecule has 116 valence electrons. The number of oxazole rings is 1. The van der Waals surface area contributed by atoms with Gasteiger partial charge in [-0.25, -0.2) is 10.2 Å². The van der Waals surface area contributed by atoms with E-state index in [-0.39, 0.29) is 0 Å². The fourth-order valence-electron chi connectivity index (χ4n) is 2.85. The van der Waals surface area contributed by atoms with E-state index in [1.54, 1.807) is 0 Å². The van der Waals surface area contributed by atoms with E-state index in [1.807, 2.05) is 0 Å². The molecule has 4 heteroatoms. The van der Waals surface area contributed by atoms with Crippen molar-refractivity contribution in [2.24, 2.45) is 0 Å². The summed E-state index contributed by atoms with van der Waals surface area (Å²) in [5, 5.41) is 6.50. The van der Waals surface area contributed by atoms with E-state index in [0.29, 0.717) is 0 Å². The molecule has 2 aromatic rings. The molecular formula is C18H23N3O. The van der Waals surface area contributed by atoms with Crippen molar-refractivity contribution in [1.29, 1.82) is 5.26 Å². The van der Waals surface area contributed by atoms with Crippen LogP contribution in [0.3, 0.4) is 0 Å². The van der Waals surface area contributed by atoms with Crippen molar-refractivity contribution in [3.8, 4) is 6.57 Å². The van der Waals surface area contributed by atoms with E-state index < -0.39 is 0 Å². The number of nitriles is 1. The molecule has 1 saturated heterocycles. The van der Waals surface area contributed by atoms with Crippen molar-refractivity contribution < 1.29 is 4.42 Å². The highest BCUT2D eigenvalue weighted by Gasteiger charge is 2.19. The van der Waals surface area contributed by atoms with Crippen LogP contribution in [0.2, 0.25) is 0 Å². The quantitative estimate of drug-likeness (QED) is 0.840. The summed E-state index contributed by atoms with van der Waals surface area (Å²) in [7, 11) is 0. The third kappa shape index (κ3) is 4.11. The monoisotopic (exact) mass is 297 g/mol. The van der Waals surface area contributed by atoms with Crippen LogP contribution in [0.5, 0.6) is 0 Å². The van der Waals surface area contributed by atoms with Crippen LogP contribution >= 0.6 is 0 Å². The maximum absolute atomic E-state index is 6.50. The Morgan fingerprint density at radius 1 is 1.14 bits per heavy atom. The molecular weight excluding hydrogens is 274 g/mol. The predicted octanol–water partition coefficient (Wildman–Crippen LogP) is 3.90. The molecule has 0 bridgehead atoms. The van der Waals surface area contributed by atoms with Gasteiger partial charge in [0.2, 0.25) is 5.88 Å². The Morgan fingerprint density at radius 3 is 2.50 bits per heavy atom. The molecule has 1 aliphatic rings. The zero-order chi connectivity index (χ0) is 15.8. The number of aromatic nitrogens is 1. The third-order valence-corrected chi connectivity index (χ3v) is 3.91. The maximum atomic E-state index is 6.50. The first-order valence-electron chi connectivity index (χ1n) is 7.84. The van der Waals surface area contributed by atoms with Crippen LogP contribution in [0.1, 0.15) is 36.4 Å². The Kier molecular flexibility index (Phi) is 6.02. The molecule has 1 aliphatic heterocycles. The smallest absolute Gasteiger partial charge is 0.219 e. The number of rotatable bonds is 5. The van der Waals surface area contributed by atoms with Gasteiger partial charge in [0.05, 0.1) is 0 Å². The number of hydrogen-bond donors (Lipinski definition) is 0. The van der Waals surface area contributed by atoms with Crippen molar-refractivity contribution in [2.45, 2.75) is 39.0 Å². The van der Waals surface area contributed by atoms with Gasteiger partial charge in [-0.05, 0) is 38.2 Å². The van der Waals surface area contributed by atoms with Crippen LogP contribution in [0.4, 0.5) is 5.88 Å². The van der Waals surface area contributed by atoms with E-state index in [9.17, 15) is 0 Å². The number of aryl methyl sites for hydroxylation is 3. The normalized spacial score (nSPS) is 13.7. The van der Waals surface area contributed by atoms with E-state index in [1.165, 1.54) is 18.4 Å². The summed E-state index contributed by atoms with van der Waals surface area (Å²) < 4.78 is 5.95. The number of hydrogen-bond acceptors (Lipinski definition) is 4. The summed E-state index contributed by atoms with van der Waals surface area (Å²) in [6.07, 6.45) is 5.63. The SMILES string of the molecule is C#N.Cc1nc(CCCc2ccccc2)oc1N1CCCC1. The molecule has 0 atom stereocenters. The maximum Gasteiger partial charge on any atom is 0.219 e. The van der Waals surface area contributed by atoms with Crippen LogP contribution < -0.4 is 4.90 Å². The minimum absolute atomic E-state index is 0.889. The minimum atomic E-state index is 0.889. The highest BCUT2D eigenvalue weighted by Crippen LogP contribution is 2.25. The van der Waals surface area contributed by atoms with Crippen molar-refractivity contribution in [2.75, 3.05) is 18.0 Å². The number of anilines is 1. The molecule has 0 unspecified atom stereocenters. The van der Waals surface area contributed by atoms with Gasteiger partial charge in [0.15, 0.2) is 5.89 Å². The van der Waals surface area contributed by atoms with E-state index in [0.717, 1.165) is 49.8 Å². The minimum Gasteiger partial charge on any atom is -0.425 e. The highest BCUT2D eigenvalue weighted by atomic mass is 16.4. The lowest BCUT2D eigenvalue weighted by atomic mass is 10.1. The molecule has 1 aromatic heterocycles. The molecule has 0 spiro atoms. The summed E-state index contributed by atoms with van der Waals surface area (Å²) >= 11 is 0. The second-order valence-corrected chi connectivity index (χ2v) is 5.53. The first kappa shape index (κ1) is 16.1. The van der Waals surface area contributed by atoms with E-state index in [2.05, 4.69) is 53.7 Å². The third-order valence-electron chi connectivity index (χ3n) is 3.91. The standard InChI is InChI=1S/C17H22N2O.CHN/c1-14-17(19-12-5-6-13-19)20-16(18-14)11-7-10-15-8-3-2-4-9-15;1-2/h2-4,8-9H,5-7,10-13H2,1H3;1H. The van der Waals surface area contributed by atoms with Gasteiger partial charge in [-0.3, -0.25) is 0 Å². The van der Waals surface area contributed by atoms with Gasteiger partial charge < -0.3 is 9.32 Å². The Labute approximate surface area is 132 Å². The van der Waals surface area contributed by atoms with Crippen LogP contribution in [-0.2, 0) is 12.8 Å². The number of nitrogens with zero attached hydrogens (tertiary/aromatic N) is 3. The second-order valence-electron chi connectivity index (χ2n) is 5.53. The summed E-state index contributed by atoms with van der Waals surface area (Å²) in [4.78, 5) is 6.90. The fourth-order valence-corrected chi connectivity index (χ4v) is 2.85. The first-order valence-corrected chi connectivity index (χ1v) is 7.84. The van der Waals surface area contributed by atoms with E-state index in [4.69, 9.17) is 9.68 Å². The second kappa shape index (κ2) is 8.23. The molecule has 0 N–H and O–H groups in total. The topological polar surface area (TPSA) is 53.1 Å². The van der Waals surface area contributed by atoms with Crippen LogP contribution in [0.15, 0.2) is 34.7 Å². The average Bonchev–Trinajstić information content (AvgIpc) is 3.20. The predicted molar refractivity (Wildman–Crippen MR) is 87.8 cm³/mol. The molecule has 0 aliphatic carbocycles. The van der Waals surface area contributed by atoms with Crippen molar-refractivity contribution in [3.63, 3.8) is 0 Å². The Balaban J connectivity index is 0.000000847. The Hall–Kier alpha value is -2.28. The van der Waals surface area contributed by atoms with Gasteiger partial charge in [0.25, 0.3) is 0 Å². The molecule has 4 nitrogen and oxygen atoms in total. The summed E-state index contributed by atoms with van der Waals surface area (Å²) in [5.74, 6) is 1.89. The van der Waals surface area contributed by atoms with Crippen LogP contribution in [0, 0.1) is 18.8 Å². The largest absolute Gasteiger partial charge is 0.425 e. The molecule has 0 saturated carbocycles. The molecule has 22 heavy (non-hydrogen) atoms. The van der Waals surface area contributed by atoms with E-state index >= 15 is 0 Å². The fraction of sp³-hybridized carbons (Fsp3) is 0.444. The lowest BCUT2D eigenvalue weighted by Gasteiger charge is -2.13. The Bertz CT molecular complexity index is 583. The zero-order valence-corrected chi connectivity index (χ0v) is 13.2. The van der Waals surface area contributed by atoms with Gasteiger partial charge in [-0.1, -0.05) is 30.3 Å². The zero-order valence-electron chi connectivity index (χ0n) is 13.2. The first-order chi connectivity index (χ1) is 10.8. The summed E-state index contributed by atoms with van der Waals surface area (Å²) in [6, 6.07) is 10.6. The van der Waals surface area contributed by atoms with Gasteiger partial charge >= 0.3 is 0 Å². The summed E-state index contributed by atoms with van der Waals surface area (Å²) in [6.45, 7) is 7.77. The van der Waals surface area contributed by atoms with Crippen molar-refractivity contribution in [1.82, 2.24) is 4.98 Å². The van der Waals surface area contributed by atoms with Gasteiger partial charge in [0.1, 0.15) is 5.69 Å². The Morgan fingerprint density at radius 2 is 1.82 bits per heavy atom. The lowest BCUT2D eigenvalue weighted by molar-refractivity contribution is 0.484. The molecule has 3 rings (SSSR count). The summed E-state index contributed by atoms with van der Waals surface area (Å²) in [5.41, 5.74) is 2.43. The molecule has 0 amide bonds. The molecule has 2 heterocycles. The number of benzene rings is 1. The average molecular weight is 297 g/mol. The molecule has 1 aromatic carbocycles. The lowest BCUT2D eigenvalue weighted by Crippen LogP contribution is -2.17. The molecule has 0 radical (unpaired) electrons. The molecule has 1 fully saturated rings. The van der Waals surface area contributed by atoms with Gasteiger partial charge in [-0.15, -0.1) is 0 Å². The van der Waals surface area contributed by atoms with Crippen molar-refractivity contribution in [3.05, 3.63) is 47.5 Å². The van der Waals surface area contributed by atoms with Crippen molar-refractivity contribution >= 4 is 5.88 Å². The van der Waals surface area contributed by atoms with Gasteiger partial charge in [-0.2, -0.15) is 0 Å². The van der Waals surface area contributed by atoms with Gasteiger partial charge in [0, 0.05) is 26.1 Å². The van der Waals surface area contributed by atoms with Crippen LogP contribution in [0.25, 0.3) is 0 Å².